The molecule has 5 heteroatoms. The Kier molecular flexibility index (Phi) is 5.76. The number of hydrogen-bond acceptors (Lipinski definition) is 3. The van der Waals surface area contributed by atoms with Crippen LogP contribution in [0.5, 0.6) is 0 Å². The molecule has 19 heavy (non-hydrogen) atoms. The van der Waals surface area contributed by atoms with Crippen molar-refractivity contribution < 1.29 is 14.7 Å². The highest BCUT2D eigenvalue weighted by Crippen LogP contribution is 2.16. The van der Waals surface area contributed by atoms with Crippen LogP contribution >= 0.6 is 11.3 Å². The average Bonchev–Trinajstić information content (AvgIpc) is 2.78. The van der Waals surface area contributed by atoms with E-state index < -0.39 is 11.9 Å². The van der Waals surface area contributed by atoms with Gasteiger partial charge in [-0.25, -0.2) is 0 Å². The Morgan fingerprint density at radius 2 is 2.16 bits per heavy atom. The first-order valence-electron chi connectivity index (χ1n) is 6.20. The van der Waals surface area contributed by atoms with Gasteiger partial charge in [-0.15, -0.1) is 11.3 Å². The van der Waals surface area contributed by atoms with Gasteiger partial charge in [-0.1, -0.05) is 6.92 Å². The van der Waals surface area contributed by atoms with E-state index in [9.17, 15) is 9.59 Å². The largest absolute Gasteiger partial charge is 0.481 e. The zero-order valence-electron chi connectivity index (χ0n) is 11.4. The summed E-state index contributed by atoms with van der Waals surface area (Å²) in [4.78, 5) is 26.5. The SMILES string of the molecule is CCN(CC(C)C(=O)O)C(=O)C=Cc1ccc(C)s1. The number of aliphatic carboxylic acids is 1. The number of aryl methyl sites for hydroxylation is 1. The molecule has 4 nitrogen and oxygen atoms in total. The number of carbonyl (C=O) groups is 2. The van der Waals surface area contributed by atoms with E-state index in [1.807, 2.05) is 26.0 Å². The molecule has 0 aliphatic heterocycles. The quantitative estimate of drug-likeness (QED) is 0.815. The normalized spacial score (nSPS) is 12.6. The highest BCUT2D eigenvalue weighted by Gasteiger charge is 2.17. The second kappa shape index (κ2) is 7.09. The van der Waals surface area contributed by atoms with Crippen LogP contribution < -0.4 is 0 Å². The van der Waals surface area contributed by atoms with Crippen molar-refractivity contribution in [3.05, 3.63) is 28.0 Å². The summed E-state index contributed by atoms with van der Waals surface area (Å²) < 4.78 is 0. The summed E-state index contributed by atoms with van der Waals surface area (Å²) in [5.41, 5.74) is 0. The first kappa shape index (κ1) is 15.4. The summed E-state index contributed by atoms with van der Waals surface area (Å²) in [5.74, 6) is -1.59. The molecule has 1 heterocycles. The minimum Gasteiger partial charge on any atom is -0.481 e. The molecule has 0 aliphatic carbocycles. The molecule has 1 aromatic rings. The Hall–Kier alpha value is -1.62. The van der Waals surface area contributed by atoms with Gasteiger partial charge in [0.15, 0.2) is 0 Å². The van der Waals surface area contributed by atoms with E-state index in [4.69, 9.17) is 5.11 Å². The Balaban J connectivity index is 2.63. The molecule has 1 aromatic heterocycles. The molecule has 0 aliphatic rings. The number of rotatable bonds is 6. The van der Waals surface area contributed by atoms with Gasteiger partial charge in [-0.05, 0) is 32.1 Å². The van der Waals surface area contributed by atoms with E-state index in [-0.39, 0.29) is 12.5 Å². The third kappa shape index (κ3) is 4.87. The molecule has 1 rings (SSSR count). The van der Waals surface area contributed by atoms with Crippen LogP contribution in [0.15, 0.2) is 18.2 Å². The number of thiophene rings is 1. The van der Waals surface area contributed by atoms with Gasteiger partial charge in [0.2, 0.25) is 5.91 Å². The lowest BCUT2D eigenvalue weighted by molar-refractivity contribution is -0.142. The molecule has 1 N–H and O–H groups in total. The zero-order valence-corrected chi connectivity index (χ0v) is 12.2. The average molecular weight is 281 g/mol. The van der Waals surface area contributed by atoms with E-state index >= 15 is 0 Å². The summed E-state index contributed by atoms with van der Waals surface area (Å²) in [6, 6.07) is 3.96. The molecule has 0 saturated heterocycles. The maximum Gasteiger partial charge on any atom is 0.308 e. The molecule has 1 unspecified atom stereocenters. The minimum absolute atomic E-state index is 0.151. The van der Waals surface area contributed by atoms with E-state index in [1.54, 1.807) is 24.3 Å². The minimum atomic E-state index is -0.885. The standard InChI is InChI=1S/C14H19NO3S/c1-4-15(9-10(2)14(17)18)13(16)8-7-12-6-5-11(3)19-12/h5-8,10H,4,9H2,1-3H3,(H,17,18). The van der Waals surface area contributed by atoms with Crippen molar-refractivity contribution in [2.75, 3.05) is 13.1 Å². The fraction of sp³-hybridized carbons (Fsp3) is 0.429. The number of hydrogen-bond donors (Lipinski definition) is 1. The lowest BCUT2D eigenvalue weighted by Crippen LogP contribution is -2.35. The van der Waals surface area contributed by atoms with Gasteiger partial charge in [0.25, 0.3) is 0 Å². The van der Waals surface area contributed by atoms with Gasteiger partial charge in [-0.2, -0.15) is 0 Å². The molecule has 0 saturated carbocycles. The number of carboxylic acid groups (broad SMARTS) is 1. The maximum absolute atomic E-state index is 12.0. The number of carbonyl (C=O) groups excluding carboxylic acids is 1. The second-order valence-electron chi connectivity index (χ2n) is 4.40. The fourth-order valence-electron chi connectivity index (χ4n) is 1.59. The van der Waals surface area contributed by atoms with Crippen LogP contribution in [0, 0.1) is 12.8 Å². The van der Waals surface area contributed by atoms with Gasteiger partial charge in [0, 0.05) is 28.9 Å². The van der Waals surface area contributed by atoms with Gasteiger partial charge < -0.3 is 10.0 Å². The first-order valence-corrected chi connectivity index (χ1v) is 7.02. The molecule has 104 valence electrons. The Labute approximate surface area is 117 Å². The molecule has 1 amide bonds. The topological polar surface area (TPSA) is 57.6 Å². The van der Waals surface area contributed by atoms with E-state index in [0.717, 1.165) is 4.88 Å². The molecule has 0 radical (unpaired) electrons. The lowest BCUT2D eigenvalue weighted by atomic mass is 10.1. The highest BCUT2D eigenvalue weighted by atomic mass is 32.1. The van der Waals surface area contributed by atoms with Crippen LogP contribution in [-0.2, 0) is 9.59 Å². The van der Waals surface area contributed by atoms with Crippen LogP contribution in [0.3, 0.4) is 0 Å². The van der Waals surface area contributed by atoms with Crippen molar-refractivity contribution in [1.82, 2.24) is 4.90 Å². The monoisotopic (exact) mass is 281 g/mol. The molecule has 0 fully saturated rings. The summed E-state index contributed by atoms with van der Waals surface area (Å²) in [6.45, 7) is 6.19. The molecular weight excluding hydrogens is 262 g/mol. The van der Waals surface area contributed by atoms with Gasteiger partial charge >= 0.3 is 5.97 Å². The van der Waals surface area contributed by atoms with Crippen LogP contribution in [0.4, 0.5) is 0 Å². The number of carboxylic acids is 1. The van der Waals surface area contributed by atoms with Gasteiger partial charge in [0.1, 0.15) is 0 Å². The zero-order chi connectivity index (χ0) is 14.4. The fourth-order valence-corrected chi connectivity index (χ4v) is 2.37. The predicted octanol–water partition coefficient (Wildman–Crippen LogP) is 2.64. The number of likely N-dealkylation sites (N-methyl/N-ethyl adjacent to an activating group) is 1. The van der Waals surface area contributed by atoms with Crippen molar-refractivity contribution in [1.29, 1.82) is 0 Å². The highest BCUT2D eigenvalue weighted by molar-refractivity contribution is 7.12. The van der Waals surface area contributed by atoms with E-state index in [1.165, 1.54) is 15.9 Å². The van der Waals surface area contributed by atoms with Gasteiger partial charge in [-0.3, -0.25) is 9.59 Å². The molecule has 0 bridgehead atoms. The molecule has 0 spiro atoms. The summed E-state index contributed by atoms with van der Waals surface area (Å²) in [5, 5.41) is 8.86. The van der Waals surface area contributed by atoms with E-state index in [0.29, 0.717) is 6.54 Å². The Morgan fingerprint density at radius 1 is 1.47 bits per heavy atom. The van der Waals surface area contributed by atoms with Crippen molar-refractivity contribution in [2.45, 2.75) is 20.8 Å². The Bertz CT molecular complexity index is 479. The second-order valence-corrected chi connectivity index (χ2v) is 5.72. The number of nitrogens with zero attached hydrogens (tertiary/aromatic N) is 1. The molecular formula is C14H19NO3S. The van der Waals surface area contributed by atoms with Gasteiger partial charge in [0.05, 0.1) is 5.92 Å². The van der Waals surface area contributed by atoms with Crippen LogP contribution in [0.1, 0.15) is 23.6 Å². The van der Waals surface area contributed by atoms with Crippen molar-refractivity contribution in [3.8, 4) is 0 Å². The van der Waals surface area contributed by atoms with Crippen LogP contribution in [0.2, 0.25) is 0 Å². The predicted molar refractivity (Wildman–Crippen MR) is 77.1 cm³/mol. The maximum atomic E-state index is 12.0. The summed E-state index contributed by atoms with van der Waals surface area (Å²) >= 11 is 1.62. The molecule has 0 aromatic carbocycles. The van der Waals surface area contributed by atoms with E-state index in [2.05, 4.69) is 0 Å². The number of amides is 1. The summed E-state index contributed by atoms with van der Waals surface area (Å²) in [6.07, 6.45) is 3.28. The third-order valence-corrected chi connectivity index (χ3v) is 3.73. The third-order valence-electron chi connectivity index (χ3n) is 2.76. The Morgan fingerprint density at radius 3 is 2.63 bits per heavy atom. The molecule has 1 atom stereocenters. The van der Waals surface area contributed by atoms with Crippen molar-refractivity contribution in [2.24, 2.45) is 5.92 Å². The van der Waals surface area contributed by atoms with Crippen molar-refractivity contribution >= 4 is 29.3 Å². The van der Waals surface area contributed by atoms with Crippen molar-refractivity contribution in [3.63, 3.8) is 0 Å². The first-order chi connectivity index (χ1) is 8.93. The lowest BCUT2D eigenvalue weighted by Gasteiger charge is -2.21. The van der Waals surface area contributed by atoms with Crippen LogP contribution in [-0.4, -0.2) is 35.0 Å². The smallest absolute Gasteiger partial charge is 0.308 e. The van der Waals surface area contributed by atoms with Crippen LogP contribution in [0.25, 0.3) is 6.08 Å². The summed E-state index contributed by atoms with van der Waals surface area (Å²) in [7, 11) is 0.